The summed E-state index contributed by atoms with van der Waals surface area (Å²) in [5, 5.41) is 11.4. The summed E-state index contributed by atoms with van der Waals surface area (Å²) < 4.78 is 145. The Labute approximate surface area is 662 Å². The Kier molecular flexibility index (Phi) is 24.3. The van der Waals surface area contributed by atoms with Crippen molar-refractivity contribution in [3.8, 4) is 0 Å². The molecule has 3 saturated heterocycles. The predicted molar refractivity (Wildman–Crippen MR) is 410 cm³/mol. The Morgan fingerprint density at radius 1 is 0.486 bits per heavy atom. The van der Waals surface area contributed by atoms with E-state index in [2.05, 4.69) is 39.2 Å². The molecule has 0 radical (unpaired) electrons. The highest BCUT2D eigenvalue weighted by Gasteiger charge is 2.48. The molecule has 0 unspecified atom stereocenters. The minimum atomic E-state index is -3.93. The number of nitrogens with zero attached hydrogens (tertiary/aromatic N) is 12. The van der Waals surface area contributed by atoms with Crippen molar-refractivity contribution in [2.45, 2.75) is 91.1 Å². The maximum absolute atomic E-state index is 13.8. The van der Waals surface area contributed by atoms with E-state index >= 15 is 0 Å². The van der Waals surface area contributed by atoms with E-state index in [1.54, 1.807) is 95.4 Å². The summed E-state index contributed by atoms with van der Waals surface area (Å²) >= 11 is 23.3. The lowest BCUT2D eigenvalue weighted by Gasteiger charge is -2.31. The van der Waals surface area contributed by atoms with E-state index in [1.807, 2.05) is 0 Å². The summed E-state index contributed by atoms with van der Waals surface area (Å²) in [5.74, 6) is -1.97. The molecule has 3 fully saturated rings. The van der Waals surface area contributed by atoms with Crippen molar-refractivity contribution in [3.63, 3.8) is 0 Å². The maximum Gasteiger partial charge on any atom is 0.338 e. The van der Waals surface area contributed by atoms with Gasteiger partial charge in [-0.2, -0.15) is 5.10 Å². The number of esters is 3. The summed E-state index contributed by atoms with van der Waals surface area (Å²) in [6.45, 7) is 6.09. The minimum absolute atomic E-state index is 0.0317. The molecule has 11 heterocycles. The number of hydrogen-bond acceptors (Lipinski definition) is 26. The molecule has 5 aromatic heterocycles. The lowest BCUT2D eigenvalue weighted by Crippen LogP contribution is -2.40. The number of thiazole rings is 3. The van der Waals surface area contributed by atoms with Gasteiger partial charge in [0.2, 0.25) is 20.0 Å². The van der Waals surface area contributed by atoms with Crippen LogP contribution >= 0.6 is 68.8 Å². The fourth-order valence-corrected chi connectivity index (χ4v) is 19.6. The summed E-state index contributed by atoms with van der Waals surface area (Å²) in [7, 11) is -9.99. The molecule has 0 aliphatic carbocycles. The second-order valence-corrected chi connectivity index (χ2v) is 34.0. The monoisotopic (exact) mass is 1690 g/mol. The van der Waals surface area contributed by atoms with Crippen molar-refractivity contribution in [1.29, 1.82) is 0 Å². The van der Waals surface area contributed by atoms with Gasteiger partial charge in [-0.3, -0.25) is 24.6 Å². The smallest absolute Gasteiger partial charge is 0.338 e. The van der Waals surface area contributed by atoms with Crippen LogP contribution in [0, 0.1) is 17.5 Å². The number of aryl methyl sites for hydroxylation is 1. The molecular formula is C72H65Cl3F3N15O12S6. The van der Waals surface area contributed by atoms with E-state index in [4.69, 9.17) is 64.0 Å². The van der Waals surface area contributed by atoms with E-state index in [9.17, 15) is 52.8 Å². The number of ether oxygens (including phenoxy) is 3. The fourth-order valence-electron chi connectivity index (χ4n) is 13.3. The number of pyridine rings is 1. The molecule has 6 atom stereocenters. The number of halogens is 6. The van der Waals surface area contributed by atoms with Gasteiger partial charge in [-0.1, -0.05) is 71.2 Å². The van der Waals surface area contributed by atoms with Gasteiger partial charge in [0.1, 0.15) is 40.5 Å². The van der Waals surface area contributed by atoms with E-state index in [1.165, 1.54) is 130 Å². The average Bonchev–Trinajstić information content (AvgIpc) is 1.63. The molecule has 6 aliphatic rings. The first kappa shape index (κ1) is 79.6. The molecule has 111 heavy (non-hydrogen) atoms. The number of nitrogens with one attached hydrogen (secondary N) is 3. The van der Waals surface area contributed by atoms with Crippen LogP contribution in [0.1, 0.15) is 89.9 Å². The molecule has 4 aromatic carbocycles. The lowest BCUT2D eigenvalue weighted by atomic mass is 9.94. The highest BCUT2D eigenvalue weighted by molar-refractivity contribution is 7.90. The van der Waals surface area contributed by atoms with Gasteiger partial charge in [-0.15, -0.1) is 34.0 Å². The number of hydrogen-bond donors (Lipinski definition) is 3. The zero-order chi connectivity index (χ0) is 78.6. The number of sulfonamides is 3. The molecule has 0 spiro atoms. The zero-order valence-corrected chi connectivity index (χ0v) is 66.0. The van der Waals surface area contributed by atoms with Crippen molar-refractivity contribution < 1.29 is 67.0 Å². The molecule has 15 rings (SSSR count). The van der Waals surface area contributed by atoms with Crippen LogP contribution in [0.4, 0.5) is 13.2 Å². The molecule has 0 amide bonds. The van der Waals surface area contributed by atoms with Gasteiger partial charge in [-0.05, 0) is 87.5 Å². The number of aliphatic imine (C=N–C) groups is 3. The lowest BCUT2D eigenvalue weighted by molar-refractivity contribution is -0.140. The van der Waals surface area contributed by atoms with Gasteiger partial charge in [0.25, 0.3) is 10.0 Å². The zero-order valence-electron chi connectivity index (χ0n) is 58.8. The van der Waals surface area contributed by atoms with Crippen LogP contribution < -0.4 is 14.2 Å². The Morgan fingerprint density at radius 3 is 1.16 bits per heavy atom. The third-order valence-electron chi connectivity index (χ3n) is 17.8. The Balaban J connectivity index is 0.000000146. The number of amidine groups is 3. The second-order valence-electron chi connectivity index (χ2n) is 25.0. The molecule has 27 nitrogen and oxygen atoms in total. The standard InChI is InChI=1S/C25H22ClFN4O4S2.C24H21ClFN5O4S2.C23H22ClFN6O4S2/c1-2-35-25(32)21-20-13-16(30-37(33,34)17-6-4-3-5-7-17)14-31(20)23(24-28-10-11-36-24)29-22(21)18-9-8-15(27)12-19(18)26;1-2-35-24(32)20-19-11-15(30-37(33,34)16-4-3-7-27-12-16)13-31(19)22(23-28-8-9-36-23)29-21(20)17-6-5-14(26)10-18(17)25;1-3-35-23(32)19-17-11-14(29-37(33,34)18-6-8-30(2)28-18)12-31(17)21(22-26-7-9-36-22)27-20(19)15-5-4-13(25)10-16(15)24/h3-12,16,22,30H,2,13-14H2,1H3;3-10,12,15,21,30H,2,11,13H2,1H3;4-10,14,20,29H,3,11-12H2,1-2H3/t16-,22-;15-,21-;14-,20-/m000/s1. The number of rotatable bonds is 21. The van der Waals surface area contributed by atoms with E-state index in [-0.39, 0.29) is 105 Å². The first-order valence-corrected chi connectivity index (χ1v) is 42.3. The first-order valence-electron chi connectivity index (χ1n) is 34.1. The maximum atomic E-state index is 13.8. The highest BCUT2D eigenvalue weighted by atomic mass is 35.5. The minimum Gasteiger partial charge on any atom is -0.463 e. The summed E-state index contributed by atoms with van der Waals surface area (Å²) in [5.41, 5.74) is 3.59. The molecule has 0 saturated carbocycles. The quantitative estimate of drug-likeness (QED) is 0.0444. The van der Waals surface area contributed by atoms with Gasteiger partial charge in [0.15, 0.2) is 37.6 Å². The molecular weight excluding hydrogens is 1620 g/mol. The van der Waals surface area contributed by atoms with Gasteiger partial charge >= 0.3 is 17.9 Å². The van der Waals surface area contributed by atoms with Crippen LogP contribution in [-0.2, 0) is 65.7 Å². The molecule has 6 aliphatic heterocycles. The number of carbonyl (C=O) groups excluding carboxylic acids is 3. The van der Waals surface area contributed by atoms with Crippen molar-refractivity contribution in [2.75, 3.05) is 39.5 Å². The van der Waals surface area contributed by atoms with Gasteiger partial charge in [0.05, 0.1) is 41.4 Å². The normalized spacial score (nSPS) is 19.6. The van der Waals surface area contributed by atoms with Crippen LogP contribution in [0.15, 0.2) is 220 Å². The Hall–Kier alpha value is -9.44. The van der Waals surface area contributed by atoms with Crippen LogP contribution in [-0.4, -0.2) is 163 Å². The topological polar surface area (TPSA) is 334 Å². The van der Waals surface area contributed by atoms with Crippen LogP contribution in [0.25, 0.3) is 0 Å². The van der Waals surface area contributed by atoms with Gasteiger partial charge in [-0.25, -0.2) is 81.9 Å². The van der Waals surface area contributed by atoms with E-state index in [0.717, 1.165) is 12.1 Å². The van der Waals surface area contributed by atoms with Gasteiger partial charge in [0, 0.05) is 166 Å². The van der Waals surface area contributed by atoms with E-state index in [0.29, 0.717) is 66.3 Å². The summed E-state index contributed by atoms with van der Waals surface area (Å²) in [6.07, 6.45) is 9.77. The van der Waals surface area contributed by atoms with Crippen molar-refractivity contribution in [2.24, 2.45) is 22.0 Å². The molecule has 0 bridgehead atoms. The molecule has 39 heteroatoms. The van der Waals surface area contributed by atoms with Crippen molar-refractivity contribution >= 4 is 134 Å². The van der Waals surface area contributed by atoms with E-state index < -0.39 is 102 Å². The Bertz CT molecular complexity index is 5360. The second kappa shape index (κ2) is 33.9. The van der Waals surface area contributed by atoms with Crippen molar-refractivity contribution in [1.82, 2.24) is 58.6 Å². The average molecular weight is 1690 g/mol. The SMILES string of the molecule is CCOC(=O)C1=C2C[C@H](NS(=O)(=O)c3ccccc3)CN2C(c2nccs2)=N[C@H]1c1ccc(F)cc1Cl.CCOC(=O)C1=C2C[C@H](NS(=O)(=O)c3cccnc3)CN2C(c2nccs2)=N[C@H]1c1ccc(F)cc1Cl.CCOC(=O)C1=C2C[C@H](NS(=O)(=O)c3ccn(C)n3)CN2C(c2nccs2)=N[C@H]1c1ccc(F)cc1Cl. The van der Waals surface area contributed by atoms with Crippen LogP contribution in [0.5, 0.6) is 0 Å². The number of carbonyl (C=O) groups is 3. The molecule has 578 valence electrons. The van der Waals surface area contributed by atoms with Crippen LogP contribution in [0.3, 0.4) is 0 Å². The number of fused-ring (bicyclic) bond motifs is 3. The third-order valence-corrected chi connectivity index (χ3v) is 25.6. The van der Waals surface area contributed by atoms with Crippen molar-refractivity contribution in [3.05, 3.63) is 254 Å². The largest absolute Gasteiger partial charge is 0.463 e. The van der Waals surface area contributed by atoms with Gasteiger partial charge < -0.3 is 28.9 Å². The molecule has 9 aromatic rings. The number of aromatic nitrogens is 6. The highest BCUT2D eigenvalue weighted by Crippen LogP contribution is 2.47. The fraction of sp³-hybridized carbons (Fsp3) is 0.264. The predicted octanol–water partition coefficient (Wildman–Crippen LogP) is 11.0. The summed E-state index contributed by atoms with van der Waals surface area (Å²) in [4.78, 5) is 76.9. The molecule has 3 N–H and O–H groups in total. The number of benzene rings is 4. The summed E-state index contributed by atoms with van der Waals surface area (Å²) in [6, 6.07) is 19.7. The van der Waals surface area contributed by atoms with Crippen LogP contribution in [0.2, 0.25) is 15.1 Å². The first-order chi connectivity index (χ1) is 53.2. The third kappa shape index (κ3) is 17.3. The Morgan fingerprint density at radius 2 is 0.847 bits per heavy atom.